The van der Waals surface area contributed by atoms with Gasteiger partial charge in [0.15, 0.2) is 0 Å². The molecule has 3 aromatic carbocycles. The molecule has 0 bridgehead atoms. The second kappa shape index (κ2) is 8.51. The lowest BCUT2D eigenvalue weighted by atomic mass is 10.1. The highest BCUT2D eigenvalue weighted by Crippen LogP contribution is 2.27. The molecule has 1 amide bonds. The van der Waals surface area contributed by atoms with Crippen molar-refractivity contribution in [1.82, 2.24) is 19.4 Å². The molecule has 0 saturated heterocycles. The van der Waals surface area contributed by atoms with Crippen LogP contribution in [0.5, 0.6) is 0 Å². The third-order valence-electron chi connectivity index (χ3n) is 6.10. The molecule has 0 fully saturated rings. The number of benzene rings is 3. The van der Waals surface area contributed by atoms with Gasteiger partial charge in [0.25, 0.3) is 0 Å². The van der Waals surface area contributed by atoms with Gasteiger partial charge in [0.1, 0.15) is 6.54 Å². The minimum absolute atomic E-state index is 0.253. The minimum atomic E-state index is -0.756. The summed E-state index contributed by atoms with van der Waals surface area (Å²) in [5.41, 5.74) is 3.59. The van der Waals surface area contributed by atoms with E-state index in [0.29, 0.717) is 17.6 Å². The van der Waals surface area contributed by atoms with Crippen molar-refractivity contribution in [1.29, 1.82) is 0 Å². The maximum absolute atomic E-state index is 12.9. The smallest absolute Gasteiger partial charge is 0.317 e. The van der Waals surface area contributed by atoms with Gasteiger partial charge in [-0.15, -0.1) is 0 Å². The van der Waals surface area contributed by atoms with Gasteiger partial charge in [-0.25, -0.2) is 0 Å². The highest BCUT2D eigenvalue weighted by atomic mass is 16.2. The van der Waals surface area contributed by atoms with Crippen molar-refractivity contribution < 1.29 is 4.79 Å². The molecule has 0 atom stereocenters. The summed E-state index contributed by atoms with van der Waals surface area (Å²) in [7, 11) is 0. The SMILES string of the molecule is Cc1ccc(C)n1-c1ccc2ccc3[nH]c(=O)c(=O)n(CC(=O)NCc4ccccc4)c3c2c1. The average Bonchev–Trinajstić information content (AvgIpc) is 3.18. The van der Waals surface area contributed by atoms with E-state index in [1.54, 1.807) is 6.07 Å². The second-order valence-electron chi connectivity index (χ2n) is 8.43. The number of carbonyl (C=O) groups is 1. The van der Waals surface area contributed by atoms with E-state index in [1.165, 1.54) is 4.57 Å². The first-order chi connectivity index (χ1) is 16.4. The Hall–Kier alpha value is -4.39. The predicted molar refractivity (Wildman–Crippen MR) is 133 cm³/mol. The summed E-state index contributed by atoms with van der Waals surface area (Å²) in [6, 6.07) is 23.3. The Kier molecular flexibility index (Phi) is 5.37. The molecule has 2 N–H and O–H groups in total. The lowest BCUT2D eigenvalue weighted by molar-refractivity contribution is -0.121. The van der Waals surface area contributed by atoms with Crippen LogP contribution in [0, 0.1) is 13.8 Å². The normalized spacial score (nSPS) is 11.2. The van der Waals surface area contributed by atoms with E-state index in [1.807, 2.05) is 80.6 Å². The first-order valence-electron chi connectivity index (χ1n) is 11.1. The van der Waals surface area contributed by atoms with Crippen molar-refractivity contribution in [3.8, 4) is 5.69 Å². The van der Waals surface area contributed by atoms with Crippen LogP contribution in [0.1, 0.15) is 17.0 Å². The number of H-pyrrole nitrogens is 1. The number of aromatic amines is 1. The zero-order chi connectivity index (χ0) is 23.8. The van der Waals surface area contributed by atoms with E-state index < -0.39 is 11.1 Å². The van der Waals surface area contributed by atoms with E-state index in [9.17, 15) is 14.4 Å². The Labute approximate surface area is 195 Å². The van der Waals surface area contributed by atoms with E-state index in [-0.39, 0.29) is 12.5 Å². The fraction of sp³-hybridized carbons (Fsp3) is 0.148. The number of nitrogens with zero attached hydrogens (tertiary/aromatic N) is 2. The van der Waals surface area contributed by atoms with Crippen molar-refractivity contribution in [2.45, 2.75) is 26.9 Å². The molecule has 2 heterocycles. The van der Waals surface area contributed by atoms with Crippen LogP contribution in [0.25, 0.3) is 27.5 Å². The van der Waals surface area contributed by atoms with Crippen LogP contribution in [0.3, 0.4) is 0 Å². The van der Waals surface area contributed by atoms with E-state index in [0.717, 1.165) is 33.4 Å². The topological polar surface area (TPSA) is 88.9 Å². The summed E-state index contributed by atoms with van der Waals surface area (Å²) in [5, 5.41) is 4.53. The highest BCUT2D eigenvalue weighted by Gasteiger charge is 2.15. The number of rotatable bonds is 5. The number of aryl methyl sites for hydroxylation is 2. The zero-order valence-electron chi connectivity index (χ0n) is 19.0. The van der Waals surface area contributed by atoms with Gasteiger partial charge in [0, 0.05) is 29.0 Å². The molecule has 0 unspecified atom stereocenters. The van der Waals surface area contributed by atoms with Gasteiger partial charge in [-0.1, -0.05) is 42.5 Å². The number of amides is 1. The van der Waals surface area contributed by atoms with Crippen LogP contribution in [-0.4, -0.2) is 20.0 Å². The molecule has 0 saturated carbocycles. The lowest BCUT2D eigenvalue weighted by Gasteiger charge is -2.15. The minimum Gasteiger partial charge on any atom is -0.350 e. The Morgan fingerprint density at radius 2 is 1.62 bits per heavy atom. The van der Waals surface area contributed by atoms with Gasteiger partial charge in [-0.05, 0) is 55.1 Å². The van der Waals surface area contributed by atoms with Crippen LogP contribution in [0.4, 0.5) is 0 Å². The number of hydrogen-bond acceptors (Lipinski definition) is 3. The van der Waals surface area contributed by atoms with Gasteiger partial charge in [0.2, 0.25) is 5.91 Å². The first kappa shape index (κ1) is 21.5. The van der Waals surface area contributed by atoms with Crippen LogP contribution < -0.4 is 16.4 Å². The average molecular weight is 453 g/mol. The molecule has 0 aliphatic rings. The molecule has 7 heteroatoms. The summed E-state index contributed by atoms with van der Waals surface area (Å²) in [5.74, 6) is -0.344. The van der Waals surface area contributed by atoms with Gasteiger partial charge >= 0.3 is 11.1 Å². The molecule has 0 aliphatic heterocycles. The molecular weight excluding hydrogens is 428 g/mol. The Morgan fingerprint density at radius 3 is 2.35 bits per heavy atom. The van der Waals surface area contributed by atoms with Gasteiger partial charge in [0.05, 0.1) is 11.0 Å². The van der Waals surface area contributed by atoms with Crippen molar-refractivity contribution in [2.24, 2.45) is 0 Å². The van der Waals surface area contributed by atoms with Crippen molar-refractivity contribution in [2.75, 3.05) is 0 Å². The number of aromatic nitrogens is 3. The maximum Gasteiger partial charge on any atom is 0.317 e. The second-order valence-corrected chi connectivity index (χ2v) is 8.43. The van der Waals surface area contributed by atoms with Gasteiger partial charge < -0.3 is 14.9 Å². The summed E-state index contributed by atoms with van der Waals surface area (Å²) in [6.45, 7) is 4.15. The third kappa shape index (κ3) is 3.81. The molecule has 34 heavy (non-hydrogen) atoms. The molecule has 0 radical (unpaired) electrons. The van der Waals surface area contributed by atoms with Crippen LogP contribution in [0.2, 0.25) is 0 Å². The first-order valence-corrected chi connectivity index (χ1v) is 11.1. The predicted octanol–water partition coefficient (Wildman–Crippen LogP) is 3.57. The lowest BCUT2D eigenvalue weighted by Crippen LogP contribution is -2.40. The summed E-state index contributed by atoms with van der Waals surface area (Å²) < 4.78 is 3.40. The van der Waals surface area contributed by atoms with E-state index >= 15 is 0 Å². The summed E-state index contributed by atoms with van der Waals surface area (Å²) in [4.78, 5) is 40.7. The molecule has 7 nitrogen and oxygen atoms in total. The van der Waals surface area contributed by atoms with Crippen LogP contribution >= 0.6 is 0 Å². The maximum atomic E-state index is 12.9. The Bertz CT molecular complexity index is 1640. The molecule has 170 valence electrons. The van der Waals surface area contributed by atoms with Crippen molar-refractivity contribution in [3.63, 3.8) is 0 Å². The van der Waals surface area contributed by atoms with Gasteiger partial charge in [-0.2, -0.15) is 0 Å². The van der Waals surface area contributed by atoms with Crippen LogP contribution in [0.15, 0.2) is 82.4 Å². The molecule has 2 aromatic heterocycles. The molecule has 0 spiro atoms. The largest absolute Gasteiger partial charge is 0.350 e. The highest BCUT2D eigenvalue weighted by molar-refractivity contribution is 6.05. The number of carbonyl (C=O) groups excluding carboxylic acids is 1. The zero-order valence-corrected chi connectivity index (χ0v) is 19.0. The molecule has 0 aliphatic carbocycles. The third-order valence-corrected chi connectivity index (χ3v) is 6.10. The van der Waals surface area contributed by atoms with Crippen LogP contribution in [-0.2, 0) is 17.9 Å². The van der Waals surface area contributed by atoms with Crippen molar-refractivity contribution in [3.05, 3.63) is 110 Å². The monoisotopic (exact) mass is 452 g/mol. The van der Waals surface area contributed by atoms with E-state index in [2.05, 4.69) is 14.9 Å². The Morgan fingerprint density at radius 1 is 0.912 bits per heavy atom. The molecular formula is C27H24N4O3. The standard InChI is InChI=1S/C27H24N4O3/c1-17-8-9-18(2)31(17)21-12-10-20-11-13-23-25(22(20)14-21)30(27(34)26(33)29-23)16-24(32)28-15-19-6-4-3-5-7-19/h3-14H,15-16H2,1-2H3,(H,28,32)(H,29,33). The summed E-state index contributed by atoms with van der Waals surface area (Å²) in [6.07, 6.45) is 0. The fourth-order valence-corrected chi connectivity index (χ4v) is 4.45. The number of hydrogen-bond donors (Lipinski definition) is 2. The van der Waals surface area contributed by atoms with E-state index in [4.69, 9.17) is 0 Å². The van der Waals surface area contributed by atoms with Gasteiger partial charge in [-0.3, -0.25) is 19.0 Å². The molecule has 5 rings (SSSR count). The molecule has 5 aromatic rings. The quantitative estimate of drug-likeness (QED) is 0.316. The Balaban J connectivity index is 1.63. The number of nitrogens with one attached hydrogen (secondary N) is 2. The summed E-state index contributed by atoms with van der Waals surface area (Å²) >= 11 is 0. The fourth-order valence-electron chi connectivity index (χ4n) is 4.45. The van der Waals surface area contributed by atoms with Crippen molar-refractivity contribution >= 4 is 27.7 Å². The number of fused-ring (bicyclic) bond motifs is 3.